The van der Waals surface area contributed by atoms with E-state index in [0.717, 1.165) is 0 Å². The van der Waals surface area contributed by atoms with Gasteiger partial charge in [0.25, 0.3) is 0 Å². The molecule has 52 heavy (non-hydrogen) atoms. The number of hydrogen-bond acceptors (Lipinski definition) is 14. The van der Waals surface area contributed by atoms with Gasteiger partial charge in [0.2, 0.25) is 0 Å². The van der Waals surface area contributed by atoms with Crippen molar-refractivity contribution < 1.29 is 58.7 Å². The van der Waals surface area contributed by atoms with Crippen molar-refractivity contribution in [2.24, 2.45) is 17.8 Å². The first-order valence-electron chi connectivity index (χ1n) is 18.9. The van der Waals surface area contributed by atoms with Crippen LogP contribution >= 0.6 is 11.6 Å². The van der Waals surface area contributed by atoms with Gasteiger partial charge in [-0.25, -0.2) is 0 Å². The Labute approximate surface area is 315 Å². The molecule has 15 heteroatoms. The summed E-state index contributed by atoms with van der Waals surface area (Å²) in [6.07, 6.45) is -7.87. The summed E-state index contributed by atoms with van der Waals surface area (Å²) in [6, 6.07) is -0.936. The number of alkyl halides is 1. The van der Waals surface area contributed by atoms with Gasteiger partial charge in [-0.3, -0.25) is 4.79 Å². The van der Waals surface area contributed by atoms with E-state index in [2.05, 4.69) is 10.6 Å². The zero-order chi connectivity index (χ0) is 39.6. The standard InChI is InChI=1S/C37H69ClN2O12/c1-13-26-36(10,45)30(42)23(6)40-17-19(2)15-34(8,44)31(52-33-28(41)25(39-11)14-20(3)48-33)21(4)29(22(5)32(43)50-26)51-27-16-35(9,47-12)37(46,18-38)24(7)49-27/h19-31,33,39-42,44-46H,13-18H2,1-12H3/t19-,20-,21+,22-,23-,24+,25+,26-,27+,28-,29+,30-,31-,33+,34-,35-,36-,37+/m1/s1. The Morgan fingerprint density at radius 3 is 2.19 bits per heavy atom. The largest absolute Gasteiger partial charge is 0.459 e. The second-order valence-corrected chi connectivity index (χ2v) is 16.8. The van der Waals surface area contributed by atoms with Gasteiger partial charge in [-0.2, -0.15) is 0 Å². The molecule has 3 rings (SSSR count). The lowest BCUT2D eigenvalue weighted by atomic mass is 9.76. The van der Waals surface area contributed by atoms with Crippen LogP contribution in [0.25, 0.3) is 0 Å². The van der Waals surface area contributed by atoms with Crippen LogP contribution in [0, 0.1) is 17.8 Å². The Hall–Kier alpha value is -0.720. The minimum Gasteiger partial charge on any atom is -0.459 e. The maximum absolute atomic E-state index is 14.2. The van der Waals surface area contributed by atoms with E-state index in [9.17, 15) is 30.3 Å². The second kappa shape index (κ2) is 18.0. The van der Waals surface area contributed by atoms with Crippen LogP contribution in [0.5, 0.6) is 0 Å². The van der Waals surface area contributed by atoms with Gasteiger partial charge in [-0.1, -0.05) is 20.8 Å². The van der Waals surface area contributed by atoms with Gasteiger partial charge in [-0.05, 0) is 87.2 Å². The Morgan fingerprint density at radius 1 is 1.00 bits per heavy atom. The van der Waals surface area contributed by atoms with Crippen LogP contribution in [-0.2, 0) is 33.2 Å². The van der Waals surface area contributed by atoms with E-state index in [1.165, 1.54) is 14.0 Å². The predicted octanol–water partition coefficient (Wildman–Crippen LogP) is 1.83. The summed E-state index contributed by atoms with van der Waals surface area (Å²) in [6.45, 7) is 17.6. The molecular formula is C37H69ClN2O12. The van der Waals surface area contributed by atoms with Crippen LogP contribution in [0.2, 0.25) is 0 Å². The molecule has 0 saturated carbocycles. The number of carbonyl (C=O) groups is 1. The zero-order valence-corrected chi connectivity index (χ0v) is 34.1. The fraction of sp³-hybridized carbons (Fsp3) is 0.973. The molecule has 7 N–H and O–H groups in total. The van der Waals surface area contributed by atoms with E-state index < -0.39 is 95.5 Å². The highest BCUT2D eigenvalue weighted by atomic mass is 35.5. The Morgan fingerprint density at radius 2 is 1.63 bits per heavy atom. The average Bonchev–Trinajstić information content (AvgIpc) is 3.08. The quantitative estimate of drug-likeness (QED) is 0.140. The maximum Gasteiger partial charge on any atom is 0.311 e. The van der Waals surface area contributed by atoms with Crippen molar-refractivity contribution in [1.82, 2.24) is 10.6 Å². The van der Waals surface area contributed by atoms with Crippen LogP contribution < -0.4 is 10.6 Å². The summed E-state index contributed by atoms with van der Waals surface area (Å²) in [5.41, 5.74) is -6.16. The smallest absolute Gasteiger partial charge is 0.311 e. The van der Waals surface area contributed by atoms with Gasteiger partial charge in [0.1, 0.15) is 35.1 Å². The van der Waals surface area contributed by atoms with Gasteiger partial charge in [0.05, 0.1) is 41.8 Å². The van der Waals surface area contributed by atoms with E-state index in [4.69, 9.17) is 40.0 Å². The Kier molecular flexibility index (Phi) is 15.8. The second-order valence-electron chi connectivity index (χ2n) is 16.5. The normalized spacial score (nSPS) is 50.5. The molecule has 3 aliphatic rings. The van der Waals surface area contributed by atoms with Crippen molar-refractivity contribution in [3.05, 3.63) is 0 Å². The molecule has 0 spiro atoms. The number of aliphatic hydroxyl groups is 5. The number of rotatable bonds is 8. The van der Waals surface area contributed by atoms with Gasteiger partial charge < -0.3 is 64.6 Å². The molecule has 0 aromatic carbocycles. The number of aliphatic hydroxyl groups excluding tert-OH is 2. The monoisotopic (exact) mass is 768 g/mol. The lowest BCUT2D eigenvalue weighted by Gasteiger charge is -2.53. The highest BCUT2D eigenvalue weighted by molar-refractivity contribution is 6.18. The maximum atomic E-state index is 14.2. The van der Waals surface area contributed by atoms with Gasteiger partial charge >= 0.3 is 5.97 Å². The molecule has 306 valence electrons. The van der Waals surface area contributed by atoms with Crippen molar-refractivity contribution in [2.75, 3.05) is 26.6 Å². The number of nitrogens with one attached hydrogen (secondary N) is 2. The average molecular weight is 769 g/mol. The molecule has 3 heterocycles. The number of cyclic esters (lactones) is 1. The summed E-state index contributed by atoms with van der Waals surface area (Å²) in [5.74, 6) is -2.88. The highest BCUT2D eigenvalue weighted by Crippen LogP contribution is 2.43. The molecule has 0 unspecified atom stereocenters. The van der Waals surface area contributed by atoms with E-state index >= 15 is 0 Å². The molecule has 14 nitrogen and oxygen atoms in total. The third-order valence-corrected chi connectivity index (χ3v) is 12.5. The van der Waals surface area contributed by atoms with Crippen molar-refractivity contribution >= 4 is 17.6 Å². The van der Waals surface area contributed by atoms with Crippen molar-refractivity contribution in [2.45, 2.75) is 185 Å². The number of hydrogen-bond donors (Lipinski definition) is 7. The highest BCUT2D eigenvalue weighted by Gasteiger charge is 2.58. The third-order valence-electron chi connectivity index (χ3n) is 12.1. The zero-order valence-electron chi connectivity index (χ0n) is 33.3. The number of halogens is 1. The molecule has 3 fully saturated rings. The molecule has 0 aliphatic carbocycles. The van der Waals surface area contributed by atoms with Crippen LogP contribution in [0.3, 0.4) is 0 Å². The van der Waals surface area contributed by atoms with E-state index in [0.29, 0.717) is 13.0 Å². The van der Waals surface area contributed by atoms with Crippen molar-refractivity contribution in [3.8, 4) is 0 Å². The Bertz CT molecular complexity index is 1150. The lowest BCUT2D eigenvalue weighted by Crippen LogP contribution is -2.67. The Balaban J connectivity index is 2.16. The molecule has 0 aromatic rings. The summed E-state index contributed by atoms with van der Waals surface area (Å²) < 4.78 is 37.5. The molecule has 0 bridgehead atoms. The number of esters is 1. The lowest BCUT2D eigenvalue weighted by molar-refractivity contribution is -0.332. The SMILES string of the molecule is CC[C@H]1OC(=O)[C@H](C)[C@@H](O[C@H]2C[C@@](C)(OC)[C@](O)(CCl)[C@H](C)O2)[C@H](C)[C@@H](O[C@@H]2O[C@H](C)C[C@H](NC)[C@H]2O)[C@](C)(O)C[C@@H](C)CN[C@H](C)[C@@H](O)[C@]1(C)O. The fourth-order valence-corrected chi connectivity index (χ4v) is 8.97. The van der Waals surface area contributed by atoms with Crippen molar-refractivity contribution in [1.29, 1.82) is 0 Å². The van der Waals surface area contributed by atoms with Gasteiger partial charge in [0.15, 0.2) is 12.6 Å². The summed E-state index contributed by atoms with van der Waals surface area (Å²) >= 11 is 6.25. The van der Waals surface area contributed by atoms with E-state index in [-0.39, 0.29) is 43.2 Å². The molecule has 3 aliphatic heterocycles. The minimum absolute atomic E-state index is 0.0366. The molecule has 0 amide bonds. The topological polar surface area (TPSA) is 198 Å². The first-order valence-corrected chi connectivity index (χ1v) is 19.4. The first kappa shape index (κ1) is 45.7. The van der Waals surface area contributed by atoms with Crippen LogP contribution in [-0.4, -0.2) is 148 Å². The molecule has 0 radical (unpaired) electrons. The molecule has 18 atom stereocenters. The van der Waals surface area contributed by atoms with Gasteiger partial charge in [0, 0.05) is 31.5 Å². The van der Waals surface area contributed by atoms with Crippen molar-refractivity contribution in [3.63, 3.8) is 0 Å². The summed E-state index contributed by atoms with van der Waals surface area (Å²) in [7, 11) is 3.22. The van der Waals surface area contributed by atoms with E-state index in [1.54, 1.807) is 55.5 Å². The van der Waals surface area contributed by atoms with Crippen LogP contribution in [0.4, 0.5) is 0 Å². The predicted molar refractivity (Wildman–Crippen MR) is 195 cm³/mol. The molecule has 0 aromatic heterocycles. The fourth-order valence-electron chi connectivity index (χ4n) is 8.47. The number of likely N-dealkylation sites (N-methyl/N-ethyl adjacent to an activating group) is 1. The summed E-state index contributed by atoms with van der Waals surface area (Å²) in [4.78, 5) is 14.2. The summed E-state index contributed by atoms with van der Waals surface area (Å²) in [5, 5.41) is 64.6. The van der Waals surface area contributed by atoms with Crippen LogP contribution in [0.15, 0.2) is 0 Å². The third kappa shape index (κ3) is 9.62. The number of methoxy groups -OCH3 is 1. The molecular weight excluding hydrogens is 700 g/mol. The minimum atomic E-state index is -1.82. The number of carbonyl (C=O) groups excluding carboxylic acids is 1. The van der Waals surface area contributed by atoms with Crippen LogP contribution in [0.1, 0.15) is 94.9 Å². The molecule has 3 saturated heterocycles. The van der Waals surface area contributed by atoms with E-state index in [1.807, 2.05) is 13.8 Å². The van der Waals surface area contributed by atoms with Gasteiger partial charge in [-0.15, -0.1) is 11.6 Å². The number of ether oxygens (including phenoxy) is 6. The first-order chi connectivity index (χ1) is 24.0.